The predicted octanol–water partition coefficient (Wildman–Crippen LogP) is 3.00. The van der Waals surface area contributed by atoms with E-state index in [2.05, 4.69) is 0 Å². The van der Waals surface area contributed by atoms with Crippen LogP contribution in [0.15, 0.2) is 12.1 Å². The molecule has 1 aromatic rings. The summed E-state index contributed by atoms with van der Waals surface area (Å²) in [5, 5.41) is 9.15. The first-order valence-corrected chi connectivity index (χ1v) is 7.36. The third-order valence-corrected chi connectivity index (χ3v) is 3.79. The van der Waals surface area contributed by atoms with Gasteiger partial charge in [0.1, 0.15) is 0 Å². The fourth-order valence-electron chi connectivity index (χ4n) is 2.05. The third-order valence-electron chi connectivity index (χ3n) is 3.50. The zero-order valence-corrected chi connectivity index (χ0v) is 12.7. The average molecular weight is 314 g/mol. The van der Waals surface area contributed by atoms with Gasteiger partial charge in [0.25, 0.3) is 0 Å². The number of aliphatic carboxylic acids is 1. The van der Waals surface area contributed by atoms with Crippen LogP contribution >= 0.6 is 11.6 Å². The van der Waals surface area contributed by atoms with Crippen LogP contribution in [0.25, 0.3) is 0 Å². The molecule has 0 aromatic heterocycles. The Balaban J connectivity index is 2.14. The summed E-state index contributed by atoms with van der Waals surface area (Å²) >= 11 is 6.20. The number of methoxy groups -OCH3 is 1. The number of ether oxygens (including phenoxy) is 2. The van der Waals surface area contributed by atoms with Crippen LogP contribution in [0, 0.1) is 5.92 Å². The molecule has 3 N–H and O–H groups in total. The minimum Gasteiger partial charge on any atom is -0.491 e. The summed E-state index contributed by atoms with van der Waals surface area (Å²) in [7, 11) is 1.54. The first kappa shape index (κ1) is 15.9. The van der Waals surface area contributed by atoms with Crippen molar-refractivity contribution in [1.82, 2.24) is 0 Å². The van der Waals surface area contributed by atoms with Crippen LogP contribution in [-0.2, 0) is 4.79 Å². The van der Waals surface area contributed by atoms with E-state index in [4.69, 9.17) is 31.9 Å². The van der Waals surface area contributed by atoms with Gasteiger partial charge in [-0.2, -0.15) is 0 Å². The van der Waals surface area contributed by atoms with Crippen LogP contribution in [0.1, 0.15) is 37.3 Å². The Labute approximate surface area is 129 Å². The molecule has 0 bridgehead atoms. The fraction of sp³-hybridized carbons (Fsp3) is 0.533. The van der Waals surface area contributed by atoms with E-state index >= 15 is 0 Å². The number of carboxylic acid groups (broad SMARTS) is 1. The number of nitrogens with two attached hydrogens (primary N) is 1. The molecule has 1 atom stereocenters. The van der Waals surface area contributed by atoms with Gasteiger partial charge in [-0.15, -0.1) is 0 Å². The van der Waals surface area contributed by atoms with Crippen molar-refractivity contribution < 1.29 is 19.4 Å². The molecule has 1 fully saturated rings. The molecule has 0 heterocycles. The number of rotatable bonds is 8. The van der Waals surface area contributed by atoms with Crippen molar-refractivity contribution in [3.8, 4) is 11.5 Å². The molecular formula is C15H20ClNO4. The summed E-state index contributed by atoms with van der Waals surface area (Å²) in [4.78, 5) is 10.6. The molecule has 2 rings (SSSR count). The van der Waals surface area contributed by atoms with E-state index in [0.29, 0.717) is 35.5 Å². The number of carbonyl (C=O) groups is 1. The van der Waals surface area contributed by atoms with Crippen molar-refractivity contribution in [2.75, 3.05) is 13.7 Å². The number of carboxylic acids is 1. The Kier molecular flexibility index (Phi) is 5.31. The largest absolute Gasteiger partial charge is 0.491 e. The van der Waals surface area contributed by atoms with Crippen LogP contribution in [0.3, 0.4) is 0 Å². The van der Waals surface area contributed by atoms with Crippen molar-refractivity contribution in [3.05, 3.63) is 22.7 Å². The minimum atomic E-state index is -0.865. The summed E-state index contributed by atoms with van der Waals surface area (Å²) in [6.07, 6.45) is 2.74. The summed E-state index contributed by atoms with van der Waals surface area (Å²) in [5.41, 5.74) is 6.78. The average Bonchev–Trinajstić information content (AvgIpc) is 3.26. The van der Waals surface area contributed by atoms with Crippen molar-refractivity contribution in [2.24, 2.45) is 11.7 Å². The molecule has 0 aliphatic heterocycles. The van der Waals surface area contributed by atoms with Crippen LogP contribution < -0.4 is 15.2 Å². The quantitative estimate of drug-likeness (QED) is 0.771. The molecule has 5 nitrogen and oxygen atoms in total. The molecular weight excluding hydrogens is 294 g/mol. The summed E-state index contributed by atoms with van der Waals surface area (Å²) in [6, 6.07) is 3.10. The SMILES string of the molecule is COc1c(Cl)cc(C(N)CCC(=O)O)cc1OCC1CC1. The Morgan fingerprint density at radius 1 is 1.52 bits per heavy atom. The van der Waals surface area contributed by atoms with Gasteiger partial charge in [-0.05, 0) is 42.9 Å². The van der Waals surface area contributed by atoms with E-state index in [9.17, 15) is 4.79 Å². The van der Waals surface area contributed by atoms with Gasteiger partial charge in [0.05, 0.1) is 18.7 Å². The van der Waals surface area contributed by atoms with Gasteiger partial charge in [-0.1, -0.05) is 11.6 Å². The first-order chi connectivity index (χ1) is 10.0. The van der Waals surface area contributed by atoms with E-state index in [1.807, 2.05) is 0 Å². The number of halogens is 1. The molecule has 21 heavy (non-hydrogen) atoms. The fourth-order valence-corrected chi connectivity index (χ4v) is 2.34. The minimum absolute atomic E-state index is 0.0169. The van der Waals surface area contributed by atoms with E-state index < -0.39 is 12.0 Å². The van der Waals surface area contributed by atoms with E-state index in [1.165, 1.54) is 20.0 Å². The van der Waals surface area contributed by atoms with Gasteiger partial charge in [0, 0.05) is 12.5 Å². The maximum atomic E-state index is 10.6. The predicted molar refractivity (Wildman–Crippen MR) is 80.0 cm³/mol. The second-order valence-corrected chi connectivity index (χ2v) is 5.73. The lowest BCUT2D eigenvalue weighted by Gasteiger charge is -2.17. The number of hydrogen-bond donors (Lipinski definition) is 2. The smallest absolute Gasteiger partial charge is 0.303 e. The van der Waals surface area contributed by atoms with Gasteiger partial charge >= 0.3 is 5.97 Å². The standard InChI is InChI=1S/C15H20ClNO4/c1-20-15-11(16)6-10(12(17)4-5-14(18)19)7-13(15)21-8-9-2-3-9/h6-7,9,12H,2-5,8,17H2,1H3,(H,18,19). The maximum Gasteiger partial charge on any atom is 0.303 e. The van der Waals surface area contributed by atoms with Crippen LogP contribution in [0.4, 0.5) is 0 Å². The van der Waals surface area contributed by atoms with Crippen LogP contribution in [-0.4, -0.2) is 24.8 Å². The highest BCUT2D eigenvalue weighted by Gasteiger charge is 2.23. The molecule has 0 amide bonds. The lowest BCUT2D eigenvalue weighted by atomic mass is 10.0. The maximum absolute atomic E-state index is 10.6. The van der Waals surface area contributed by atoms with Crippen molar-refractivity contribution >= 4 is 17.6 Å². The second-order valence-electron chi connectivity index (χ2n) is 5.33. The topological polar surface area (TPSA) is 81.8 Å². The molecule has 1 aromatic carbocycles. The molecule has 0 spiro atoms. The summed E-state index contributed by atoms with van der Waals surface area (Å²) in [6.45, 7) is 0.639. The first-order valence-electron chi connectivity index (χ1n) is 6.99. The normalized spacial score (nSPS) is 15.6. The van der Waals surface area contributed by atoms with Gasteiger partial charge < -0.3 is 20.3 Å². The van der Waals surface area contributed by atoms with E-state index in [1.54, 1.807) is 12.1 Å². The highest BCUT2D eigenvalue weighted by molar-refractivity contribution is 6.32. The number of hydrogen-bond acceptors (Lipinski definition) is 4. The molecule has 6 heteroatoms. The highest BCUT2D eigenvalue weighted by Crippen LogP contribution is 2.39. The van der Waals surface area contributed by atoms with Gasteiger partial charge in [0.15, 0.2) is 11.5 Å². The van der Waals surface area contributed by atoms with E-state index in [-0.39, 0.29) is 6.42 Å². The Bertz CT molecular complexity index is 517. The summed E-state index contributed by atoms with van der Waals surface area (Å²) < 4.78 is 11.0. The Hall–Kier alpha value is -1.46. The Morgan fingerprint density at radius 3 is 2.81 bits per heavy atom. The molecule has 1 unspecified atom stereocenters. The summed E-state index contributed by atoms with van der Waals surface area (Å²) in [5.74, 6) is 0.803. The van der Waals surface area contributed by atoms with E-state index in [0.717, 1.165) is 5.56 Å². The van der Waals surface area contributed by atoms with Gasteiger partial charge in [-0.25, -0.2) is 0 Å². The Morgan fingerprint density at radius 2 is 2.24 bits per heavy atom. The van der Waals surface area contributed by atoms with Crippen molar-refractivity contribution in [2.45, 2.75) is 31.7 Å². The van der Waals surface area contributed by atoms with Crippen molar-refractivity contribution in [1.29, 1.82) is 0 Å². The third kappa shape index (κ3) is 4.51. The molecule has 1 aliphatic rings. The monoisotopic (exact) mass is 313 g/mol. The lowest BCUT2D eigenvalue weighted by Crippen LogP contribution is -2.13. The van der Waals surface area contributed by atoms with Crippen molar-refractivity contribution in [3.63, 3.8) is 0 Å². The van der Waals surface area contributed by atoms with Crippen LogP contribution in [0.5, 0.6) is 11.5 Å². The number of benzene rings is 1. The van der Waals surface area contributed by atoms with Crippen LogP contribution in [0.2, 0.25) is 5.02 Å². The zero-order valence-electron chi connectivity index (χ0n) is 12.0. The molecule has 0 saturated heterocycles. The highest BCUT2D eigenvalue weighted by atomic mass is 35.5. The van der Waals surface area contributed by atoms with Gasteiger partial charge in [0.2, 0.25) is 0 Å². The second kappa shape index (κ2) is 7.00. The molecule has 1 saturated carbocycles. The molecule has 116 valence electrons. The molecule has 0 radical (unpaired) electrons. The zero-order chi connectivity index (χ0) is 15.4. The molecule has 1 aliphatic carbocycles. The lowest BCUT2D eigenvalue weighted by molar-refractivity contribution is -0.137. The van der Waals surface area contributed by atoms with Gasteiger partial charge in [-0.3, -0.25) is 4.79 Å².